The van der Waals surface area contributed by atoms with E-state index in [1.165, 1.54) is 33.3 Å². The number of aryl methyl sites for hydroxylation is 3. The molecule has 0 bridgehead atoms. The Kier molecular flexibility index (Phi) is 6.38. The lowest BCUT2D eigenvalue weighted by molar-refractivity contribution is -0.141. The molecular weight excluding hydrogens is 314 g/mol. The van der Waals surface area contributed by atoms with Gasteiger partial charge in [-0.3, -0.25) is 4.79 Å². The van der Waals surface area contributed by atoms with Gasteiger partial charge in [-0.1, -0.05) is 6.92 Å². The monoisotopic (exact) mass is 339 g/mol. The normalized spacial score (nSPS) is 14.9. The number of aromatic nitrogens is 1. The van der Waals surface area contributed by atoms with Crippen LogP contribution in [0.25, 0.3) is 0 Å². The minimum atomic E-state index is -0.891. The van der Waals surface area contributed by atoms with Crippen molar-refractivity contribution < 1.29 is 14.7 Å². The first-order valence-electron chi connectivity index (χ1n) is 8.16. The van der Waals surface area contributed by atoms with Gasteiger partial charge < -0.3 is 15.3 Å². The van der Waals surface area contributed by atoms with Crippen LogP contribution in [-0.2, 0) is 24.1 Å². The van der Waals surface area contributed by atoms with E-state index in [2.05, 4.69) is 5.32 Å². The molecule has 6 nitrogen and oxygen atoms in total. The predicted molar refractivity (Wildman–Crippen MR) is 89.9 cm³/mol. The summed E-state index contributed by atoms with van der Waals surface area (Å²) >= 11 is 1.81. The maximum Gasteiger partial charge on any atom is 0.317 e. The van der Waals surface area contributed by atoms with Crippen LogP contribution in [0, 0.1) is 5.92 Å². The van der Waals surface area contributed by atoms with Gasteiger partial charge >= 0.3 is 12.0 Å². The Morgan fingerprint density at radius 2 is 2.13 bits per heavy atom. The van der Waals surface area contributed by atoms with Gasteiger partial charge in [0.05, 0.1) is 16.6 Å². The van der Waals surface area contributed by atoms with Crippen LogP contribution in [0.4, 0.5) is 4.79 Å². The number of aliphatic carboxylic acids is 1. The highest BCUT2D eigenvalue weighted by molar-refractivity contribution is 7.11. The third kappa shape index (κ3) is 5.20. The lowest BCUT2D eigenvalue weighted by atomic mass is 10.0. The topological polar surface area (TPSA) is 82.5 Å². The van der Waals surface area contributed by atoms with Crippen molar-refractivity contribution in [3.8, 4) is 0 Å². The Bertz CT molecular complexity index is 535. The van der Waals surface area contributed by atoms with E-state index in [0.717, 1.165) is 25.7 Å². The van der Waals surface area contributed by atoms with Crippen molar-refractivity contribution >= 4 is 23.3 Å². The molecule has 1 aliphatic carbocycles. The summed E-state index contributed by atoms with van der Waals surface area (Å²) in [6.07, 6.45) is 6.51. The van der Waals surface area contributed by atoms with Crippen molar-refractivity contribution in [2.45, 2.75) is 45.4 Å². The Labute approximate surface area is 140 Å². The van der Waals surface area contributed by atoms with Crippen molar-refractivity contribution in [2.24, 2.45) is 5.92 Å². The zero-order valence-electron chi connectivity index (χ0n) is 13.8. The number of hydrogen-bond donors (Lipinski definition) is 2. The fraction of sp³-hybridized carbons (Fsp3) is 0.688. The van der Waals surface area contributed by atoms with Gasteiger partial charge in [-0.15, -0.1) is 11.3 Å². The molecule has 1 atom stereocenters. The number of thiazole rings is 1. The van der Waals surface area contributed by atoms with Crippen molar-refractivity contribution in [3.63, 3.8) is 0 Å². The van der Waals surface area contributed by atoms with E-state index in [4.69, 9.17) is 10.1 Å². The smallest absolute Gasteiger partial charge is 0.317 e. The number of urea groups is 1. The molecule has 1 aliphatic rings. The zero-order valence-corrected chi connectivity index (χ0v) is 14.6. The number of nitrogens with one attached hydrogen (secondary N) is 1. The lowest BCUT2D eigenvalue weighted by Gasteiger charge is -2.19. The number of carboxylic acid groups (broad SMARTS) is 1. The van der Waals surface area contributed by atoms with Crippen LogP contribution in [0.5, 0.6) is 0 Å². The van der Waals surface area contributed by atoms with Crippen LogP contribution in [0.2, 0.25) is 0 Å². The summed E-state index contributed by atoms with van der Waals surface area (Å²) in [5.74, 6) is -1.45. The van der Waals surface area contributed by atoms with Crippen LogP contribution >= 0.6 is 11.3 Å². The quantitative estimate of drug-likeness (QED) is 0.747. The molecule has 1 unspecified atom stereocenters. The van der Waals surface area contributed by atoms with Gasteiger partial charge in [-0.25, -0.2) is 9.78 Å². The van der Waals surface area contributed by atoms with Gasteiger partial charge in [-0.05, 0) is 32.1 Å². The number of nitrogens with zero attached hydrogens (tertiary/aromatic N) is 2. The number of carboxylic acids is 1. The van der Waals surface area contributed by atoms with Crippen LogP contribution in [0.15, 0.2) is 0 Å². The first-order valence-corrected chi connectivity index (χ1v) is 8.98. The van der Waals surface area contributed by atoms with Gasteiger partial charge in [0.2, 0.25) is 0 Å². The highest BCUT2D eigenvalue weighted by Gasteiger charge is 2.17. The lowest BCUT2D eigenvalue weighted by Crippen LogP contribution is -2.41. The van der Waals surface area contributed by atoms with Gasteiger partial charge in [-0.2, -0.15) is 0 Å². The molecule has 0 aromatic carbocycles. The Morgan fingerprint density at radius 3 is 2.83 bits per heavy atom. The molecule has 0 fully saturated rings. The minimum absolute atomic E-state index is 0.209. The van der Waals surface area contributed by atoms with Gasteiger partial charge in [0.25, 0.3) is 0 Å². The number of hydrogen-bond acceptors (Lipinski definition) is 4. The number of fused-ring (bicyclic) bond motifs is 1. The van der Waals surface area contributed by atoms with E-state index >= 15 is 0 Å². The zero-order chi connectivity index (χ0) is 16.8. The van der Waals surface area contributed by atoms with Crippen LogP contribution < -0.4 is 5.32 Å². The van der Waals surface area contributed by atoms with Crippen LogP contribution in [0.3, 0.4) is 0 Å². The second kappa shape index (κ2) is 8.29. The summed E-state index contributed by atoms with van der Waals surface area (Å²) in [6.45, 7) is 2.38. The Morgan fingerprint density at radius 1 is 1.39 bits per heavy atom. The van der Waals surface area contributed by atoms with Gasteiger partial charge in [0.1, 0.15) is 0 Å². The minimum Gasteiger partial charge on any atom is -0.481 e. The van der Waals surface area contributed by atoms with Crippen LogP contribution in [-0.4, -0.2) is 47.1 Å². The molecule has 128 valence electrons. The standard InChI is InChI=1S/C16H25N3O3S/c1-11(15(20)21)10-19(2)16(22)17-9-5-8-14-18-12-6-3-4-7-13(12)23-14/h11H,3-10H2,1-2H3,(H,17,22)(H,20,21). The Balaban J connectivity index is 1.67. The average molecular weight is 339 g/mol. The van der Waals surface area contributed by atoms with Gasteiger partial charge in [0.15, 0.2) is 0 Å². The molecule has 0 spiro atoms. The summed E-state index contributed by atoms with van der Waals surface area (Å²) in [5, 5.41) is 12.9. The maximum absolute atomic E-state index is 11.9. The summed E-state index contributed by atoms with van der Waals surface area (Å²) in [4.78, 5) is 30.2. The molecule has 2 N–H and O–H groups in total. The van der Waals surface area contributed by atoms with Gasteiger partial charge in [0, 0.05) is 31.4 Å². The van der Waals surface area contributed by atoms with E-state index in [9.17, 15) is 9.59 Å². The molecule has 2 amide bonds. The van der Waals surface area contributed by atoms with E-state index in [1.54, 1.807) is 14.0 Å². The second-order valence-corrected chi connectivity index (χ2v) is 7.31. The highest BCUT2D eigenvalue weighted by Crippen LogP contribution is 2.27. The SMILES string of the molecule is CC(CN(C)C(=O)NCCCc1nc2c(s1)CCCC2)C(=O)O. The maximum atomic E-state index is 11.9. The summed E-state index contributed by atoms with van der Waals surface area (Å²) in [6, 6.07) is -0.225. The molecule has 7 heteroatoms. The summed E-state index contributed by atoms with van der Waals surface area (Å²) in [7, 11) is 1.61. The molecule has 23 heavy (non-hydrogen) atoms. The molecule has 0 saturated heterocycles. The largest absolute Gasteiger partial charge is 0.481 e. The van der Waals surface area contributed by atoms with E-state index in [-0.39, 0.29) is 12.6 Å². The predicted octanol–water partition coefficient (Wildman–Crippen LogP) is 2.32. The molecule has 0 saturated carbocycles. The molecule has 1 heterocycles. The first kappa shape index (κ1) is 17.7. The molecular formula is C16H25N3O3S. The molecule has 1 aromatic rings. The van der Waals surface area contributed by atoms with Crippen molar-refractivity contribution in [3.05, 3.63) is 15.6 Å². The second-order valence-electron chi connectivity index (χ2n) is 6.14. The summed E-state index contributed by atoms with van der Waals surface area (Å²) < 4.78 is 0. The molecule has 1 aromatic heterocycles. The van der Waals surface area contributed by atoms with Crippen molar-refractivity contribution in [2.75, 3.05) is 20.1 Å². The third-order valence-electron chi connectivity index (χ3n) is 4.05. The molecule has 2 rings (SSSR count). The third-order valence-corrected chi connectivity index (χ3v) is 5.27. The highest BCUT2D eigenvalue weighted by atomic mass is 32.1. The van der Waals surface area contributed by atoms with E-state index in [1.807, 2.05) is 11.3 Å². The molecule has 0 aliphatic heterocycles. The first-order chi connectivity index (χ1) is 11.0. The fourth-order valence-electron chi connectivity index (χ4n) is 2.65. The molecule has 0 radical (unpaired) electrons. The Hall–Kier alpha value is -1.63. The number of carbonyl (C=O) groups excluding carboxylic acids is 1. The van der Waals surface area contributed by atoms with Crippen molar-refractivity contribution in [1.82, 2.24) is 15.2 Å². The number of amides is 2. The van der Waals surface area contributed by atoms with Crippen LogP contribution in [0.1, 0.15) is 41.8 Å². The van der Waals surface area contributed by atoms with Crippen molar-refractivity contribution in [1.29, 1.82) is 0 Å². The number of rotatable bonds is 7. The number of carbonyl (C=O) groups is 2. The average Bonchev–Trinajstić information content (AvgIpc) is 2.93. The summed E-state index contributed by atoms with van der Waals surface area (Å²) in [5.41, 5.74) is 1.28. The van der Waals surface area contributed by atoms with E-state index < -0.39 is 11.9 Å². The fourth-order valence-corrected chi connectivity index (χ4v) is 3.85. The van der Waals surface area contributed by atoms with E-state index in [0.29, 0.717) is 6.54 Å².